The van der Waals surface area contributed by atoms with Gasteiger partial charge in [0.2, 0.25) is 0 Å². The first-order chi connectivity index (χ1) is 7.83. The fourth-order valence-electron chi connectivity index (χ4n) is 2.19. The highest BCUT2D eigenvalue weighted by molar-refractivity contribution is 5.85. The van der Waals surface area contributed by atoms with Crippen molar-refractivity contribution in [1.82, 2.24) is 0 Å². The molecule has 1 saturated heterocycles. The van der Waals surface area contributed by atoms with Crippen LogP contribution >= 0.6 is 24.8 Å². The Kier molecular flexibility index (Phi) is 8.36. The highest BCUT2D eigenvalue weighted by Gasteiger charge is 2.18. The molecule has 0 saturated carbocycles. The molecule has 0 spiro atoms. The van der Waals surface area contributed by atoms with Gasteiger partial charge in [0.1, 0.15) is 0 Å². The maximum absolute atomic E-state index is 5.58. The van der Waals surface area contributed by atoms with Gasteiger partial charge in [0, 0.05) is 32.4 Å². The molecule has 2 rings (SSSR count). The minimum atomic E-state index is 0. The van der Waals surface area contributed by atoms with E-state index in [2.05, 4.69) is 29.2 Å². The summed E-state index contributed by atoms with van der Waals surface area (Å²) in [6, 6.07) is 8.54. The topological polar surface area (TPSA) is 38.5 Å². The Morgan fingerprint density at radius 3 is 2.17 bits per heavy atom. The number of anilines is 1. The van der Waals surface area contributed by atoms with Crippen LogP contribution in [0.2, 0.25) is 0 Å². The van der Waals surface area contributed by atoms with E-state index in [0.29, 0.717) is 12.6 Å². The van der Waals surface area contributed by atoms with Gasteiger partial charge in [0.25, 0.3) is 0 Å². The molecular weight excluding hydrogens is 271 g/mol. The molecule has 18 heavy (non-hydrogen) atoms. The summed E-state index contributed by atoms with van der Waals surface area (Å²) < 4.78 is 5.37. The van der Waals surface area contributed by atoms with Crippen LogP contribution in [0.1, 0.15) is 18.4 Å². The van der Waals surface area contributed by atoms with Gasteiger partial charge in [0.15, 0.2) is 0 Å². The maximum atomic E-state index is 5.58. The smallest absolute Gasteiger partial charge is 0.0605 e. The summed E-state index contributed by atoms with van der Waals surface area (Å²) in [5, 5.41) is 0. The highest BCUT2D eigenvalue weighted by Crippen LogP contribution is 2.21. The number of nitrogens with zero attached hydrogens (tertiary/aromatic N) is 1. The molecule has 1 fully saturated rings. The van der Waals surface area contributed by atoms with Crippen LogP contribution in [0.15, 0.2) is 24.3 Å². The molecule has 2 N–H and O–H groups in total. The fourth-order valence-corrected chi connectivity index (χ4v) is 2.19. The van der Waals surface area contributed by atoms with Gasteiger partial charge in [-0.3, -0.25) is 0 Å². The molecule has 1 aliphatic heterocycles. The van der Waals surface area contributed by atoms with Crippen LogP contribution in [0.25, 0.3) is 0 Å². The molecular formula is C13H22Cl2N2O. The molecule has 0 atom stereocenters. The van der Waals surface area contributed by atoms with Crippen molar-refractivity contribution in [2.45, 2.75) is 25.5 Å². The second kappa shape index (κ2) is 8.59. The van der Waals surface area contributed by atoms with Crippen molar-refractivity contribution in [1.29, 1.82) is 0 Å². The molecule has 0 unspecified atom stereocenters. The number of hydrogen-bond donors (Lipinski definition) is 1. The number of hydrogen-bond acceptors (Lipinski definition) is 3. The molecule has 0 radical (unpaired) electrons. The quantitative estimate of drug-likeness (QED) is 0.931. The van der Waals surface area contributed by atoms with Crippen molar-refractivity contribution < 1.29 is 4.74 Å². The van der Waals surface area contributed by atoms with E-state index < -0.39 is 0 Å². The van der Waals surface area contributed by atoms with E-state index in [4.69, 9.17) is 10.5 Å². The number of halogens is 2. The van der Waals surface area contributed by atoms with Crippen molar-refractivity contribution in [3.63, 3.8) is 0 Å². The molecule has 1 aliphatic rings. The molecule has 0 aliphatic carbocycles. The van der Waals surface area contributed by atoms with Gasteiger partial charge in [-0.15, -0.1) is 24.8 Å². The van der Waals surface area contributed by atoms with Crippen molar-refractivity contribution in [3.8, 4) is 0 Å². The first kappa shape index (κ1) is 17.5. The Labute approximate surface area is 121 Å². The highest BCUT2D eigenvalue weighted by atomic mass is 35.5. The van der Waals surface area contributed by atoms with E-state index in [9.17, 15) is 0 Å². The number of methoxy groups -OCH3 is 1. The summed E-state index contributed by atoms with van der Waals surface area (Å²) in [4.78, 5) is 2.41. The number of piperidine rings is 1. The summed E-state index contributed by atoms with van der Waals surface area (Å²) in [6.45, 7) is 2.78. The van der Waals surface area contributed by atoms with Crippen molar-refractivity contribution in [2.24, 2.45) is 5.73 Å². The molecule has 3 nitrogen and oxygen atoms in total. The summed E-state index contributed by atoms with van der Waals surface area (Å²) in [5.41, 5.74) is 8.07. The van der Waals surface area contributed by atoms with Crippen LogP contribution < -0.4 is 10.6 Å². The summed E-state index contributed by atoms with van der Waals surface area (Å²) in [5.74, 6) is 0. The van der Waals surface area contributed by atoms with Gasteiger partial charge in [0.05, 0.1) is 6.10 Å². The number of benzene rings is 1. The van der Waals surface area contributed by atoms with Gasteiger partial charge >= 0.3 is 0 Å². The van der Waals surface area contributed by atoms with Gasteiger partial charge in [-0.1, -0.05) is 12.1 Å². The Morgan fingerprint density at radius 2 is 1.72 bits per heavy atom. The second-order valence-corrected chi connectivity index (χ2v) is 4.29. The van der Waals surface area contributed by atoms with Crippen LogP contribution in [-0.2, 0) is 11.3 Å². The third-order valence-electron chi connectivity index (χ3n) is 3.31. The minimum absolute atomic E-state index is 0. The molecule has 5 heteroatoms. The zero-order valence-corrected chi connectivity index (χ0v) is 12.3. The van der Waals surface area contributed by atoms with Crippen LogP contribution in [0, 0.1) is 0 Å². The van der Waals surface area contributed by atoms with Crippen molar-refractivity contribution >= 4 is 30.5 Å². The lowest BCUT2D eigenvalue weighted by Gasteiger charge is -2.33. The minimum Gasteiger partial charge on any atom is -0.381 e. The molecule has 104 valence electrons. The van der Waals surface area contributed by atoms with E-state index in [-0.39, 0.29) is 24.8 Å². The van der Waals surface area contributed by atoms with E-state index in [1.165, 1.54) is 11.3 Å². The Morgan fingerprint density at radius 1 is 1.17 bits per heavy atom. The lowest BCUT2D eigenvalue weighted by atomic mass is 10.1. The third-order valence-corrected chi connectivity index (χ3v) is 3.31. The lowest BCUT2D eigenvalue weighted by molar-refractivity contribution is 0.0819. The van der Waals surface area contributed by atoms with E-state index >= 15 is 0 Å². The van der Waals surface area contributed by atoms with Crippen molar-refractivity contribution in [2.75, 3.05) is 25.1 Å². The van der Waals surface area contributed by atoms with Crippen LogP contribution in [0.3, 0.4) is 0 Å². The maximum Gasteiger partial charge on any atom is 0.0605 e. The van der Waals surface area contributed by atoms with Gasteiger partial charge in [-0.25, -0.2) is 0 Å². The van der Waals surface area contributed by atoms with E-state index in [0.717, 1.165) is 25.9 Å². The average Bonchev–Trinajstić information content (AvgIpc) is 2.39. The Hall–Kier alpha value is -0.480. The van der Waals surface area contributed by atoms with Crippen LogP contribution in [0.4, 0.5) is 5.69 Å². The number of ether oxygens (including phenoxy) is 1. The lowest BCUT2D eigenvalue weighted by Crippen LogP contribution is -2.36. The largest absolute Gasteiger partial charge is 0.381 e. The number of nitrogens with two attached hydrogens (primary N) is 1. The van der Waals surface area contributed by atoms with Crippen LogP contribution in [-0.4, -0.2) is 26.3 Å². The first-order valence-electron chi connectivity index (χ1n) is 5.90. The molecule has 1 heterocycles. The number of rotatable bonds is 3. The molecule has 0 aromatic heterocycles. The zero-order valence-electron chi connectivity index (χ0n) is 10.7. The molecule has 0 bridgehead atoms. The predicted molar refractivity (Wildman–Crippen MR) is 81.1 cm³/mol. The second-order valence-electron chi connectivity index (χ2n) is 4.29. The van der Waals surface area contributed by atoms with Gasteiger partial charge in [-0.2, -0.15) is 0 Å². The van der Waals surface area contributed by atoms with E-state index in [1.807, 2.05) is 0 Å². The fraction of sp³-hybridized carbons (Fsp3) is 0.538. The van der Waals surface area contributed by atoms with Crippen molar-refractivity contribution in [3.05, 3.63) is 29.8 Å². The van der Waals surface area contributed by atoms with E-state index in [1.54, 1.807) is 7.11 Å². The molecule has 1 aromatic rings. The summed E-state index contributed by atoms with van der Waals surface area (Å²) in [6.07, 6.45) is 2.68. The Bertz CT molecular complexity index is 324. The Balaban J connectivity index is 0.00000144. The standard InChI is InChI=1S/C13H20N2O.2ClH/c1-16-13-6-8-15(9-7-13)12-4-2-11(10-14)3-5-12;;/h2-5,13H,6-10,14H2,1H3;2*1H. The third kappa shape index (κ3) is 4.32. The van der Waals surface area contributed by atoms with Gasteiger partial charge < -0.3 is 15.4 Å². The molecule has 1 aromatic carbocycles. The van der Waals surface area contributed by atoms with Crippen LogP contribution in [0.5, 0.6) is 0 Å². The monoisotopic (exact) mass is 292 g/mol. The zero-order chi connectivity index (χ0) is 11.4. The average molecular weight is 293 g/mol. The molecule has 0 amide bonds. The summed E-state index contributed by atoms with van der Waals surface area (Å²) in [7, 11) is 1.80. The predicted octanol–water partition coefficient (Wildman–Crippen LogP) is 2.60. The summed E-state index contributed by atoms with van der Waals surface area (Å²) >= 11 is 0. The normalized spacial score (nSPS) is 15.8. The SMILES string of the molecule is COC1CCN(c2ccc(CN)cc2)CC1.Cl.Cl. The first-order valence-corrected chi connectivity index (χ1v) is 5.90. The van der Waals surface area contributed by atoms with Gasteiger partial charge in [-0.05, 0) is 30.5 Å².